The van der Waals surface area contributed by atoms with Gasteiger partial charge in [-0.25, -0.2) is 0 Å². The van der Waals surface area contributed by atoms with Crippen molar-refractivity contribution in [2.24, 2.45) is 5.16 Å². The molecule has 1 aromatic carbocycles. The van der Waals surface area contributed by atoms with Crippen molar-refractivity contribution >= 4 is 11.6 Å². The molecule has 0 fully saturated rings. The van der Waals surface area contributed by atoms with E-state index in [0.717, 1.165) is 22.5 Å². The van der Waals surface area contributed by atoms with Gasteiger partial charge in [0.2, 0.25) is 0 Å². The highest BCUT2D eigenvalue weighted by molar-refractivity contribution is 6.48. The number of rotatable bonds is 3. The minimum atomic E-state index is -0.447. The molecule has 2 N–H and O–H groups in total. The van der Waals surface area contributed by atoms with E-state index < -0.39 is 5.91 Å². The summed E-state index contributed by atoms with van der Waals surface area (Å²) in [6.45, 7) is 7.55. The number of carbonyl (C=O) groups is 1. The smallest absolute Gasteiger partial charge is 0.292 e. The molecule has 0 radical (unpaired) electrons. The molecule has 0 saturated carbocycles. The Morgan fingerprint density at radius 2 is 1.57 bits per heavy atom. The van der Waals surface area contributed by atoms with Gasteiger partial charge in [-0.15, -0.1) is 0 Å². The lowest BCUT2D eigenvalue weighted by atomic mass is 9.98. The Morgan fingerprint density at radius 1 is 1.05 bits per heavy atom. The van der Waals surface area contributed by atoms with Gasteiger partial charge >= 0.3 is 0 Å². The van der Waals surface area contributed by atoms with Gasteiger partial charge in [0.05, 0.1) is 0 Å². The number of benzene rings is 1. The highest BCUT2D eigenvalue weighted by atomic mass is 16.4. The fourth-order valence-electron chi connectivity index (χ4n) is 2.40. The predicted molar refractivity (Wildman–Crippen MR) is 82.5 cm³/mol. The van der Waals surface area contributed by atoms with Crippen LogP contribution in [0, 0.1) is 27.7 Å². The van der Waals surface area contributed by atoms with Crippen molar-refractivity contribution in [3.63, 3.8) is 0 Å². The average molecular weight is 285 g/mol. The second-order valence-corrected chi connectivity index (χ2v) is 5.11. The van der Waals surface area contributed by atoms with Gasteiger partial charge in [0.1, 0.15) is 0 Å². The number of nitrogens with zero attached hydrogens (tertiary/aromatic N) is 2. The Labute approximate surface area is 123 Å². The van der Waals surface area contributed by atoms with Crippen LogP contribution in [0.2, 0.25) is 0 Å². The average Bonchev–Trinajstić information content (AvgIpc) is 2.74. The van der Waals surface area contributed by atoms with E-state index in [9.17, 15) is 10.0 Å². The zero-order valence-corrected chi connectivity index (χ0v) is 12.6. The number of carbonyl (C=O) groups excluding carboxylic acids is 1. The summed E-state index contributed by atoms with van der Waals surface area (Å²) in [4.78, 5) is 12.4. The maximum absolute atomic E-state index is 12.4. The lowest BCUT2D eigenvalue weighted by Gasteiger charge is -2.14. The van der Waals surface area contributed by atoms with E-state index in [4.69, 9.17) is 0 Å². The van der Waals surface area contributed by atoms with Gasteiger partial charge in [-0.3, -0.25) is 14.9 Å². The van der Waals surface area contributed by atoms with E-state index in [1.54, 1.807) is 4.68 Å². The third-order valence-electron chi connectivity index (χ3n) is 3.52. The first-order valence-electron chi connectivity index (χ1n) is 6.70. The summed E-state index contributed by atoms with van der Waals surface area (Å²) in [6.07, 6.45) is 0. The maximum Gasteiger partial charge on any atom is 0.292 e. The molecule has 110 valence electrons. The van der Waals surface area contributed by atoms with Gasteiger partial charge in [0, 0.05) is 17.0 Å². The van der Waals surface area contributed by atoms with E-state index in [1.165, 1.54) is 0 Å². The van der Waals surface area contributed by atoms with Crippen LogP contribution in [0.3, 0.4) is 0 Å². The van der Waals surface area contributed by atoms with E-state index in [-0.39, 0.29) is 5.71 Å². The number of aryl methyl sites for hydroxylation is 4. The lowest BCUT2D eigenvalue weighted by molar-refractivity contribution is -0.111. The number of hydrogen-bond donors (Lipinski definition) is 2. The quantitative estimate of drug-likeness (QED) is 0.517. The van der Waals surface area contributed by atoms with Crippen molar-refractivity contribution in [1.29, 1.82) is 0 Å². The third-order valence-corrected chi connectivity index (χ3v) is 3.52. The molecule has 1 heterocycles. The summed E-state index contributed by atoms with van der Waals surface area (Å²) in [7, 11) is 0. The van der Waals surface area contributed by atoms with Crippen LogP contribution in [0.1, 0.15) is 28.1 Å². The van der Waals surface area contributed by atoms with Gasteiger partial charge < -0.3 is 5.21 Å². The molecule has 0 spiro atoms. The molecule has 0 atom stereocenters. The van der Waals surface area contributed by atoms with Crippen molar-refractivity contribution in [1.82, 2.24) is 4.68 Å². The van der Waals surface area contributed by atoms with E-state index in [2.05, 4.69) is 10.6 Å². The Bertz CT molecular complexity index is 675. The van der Waals surface area contributed by atoms with Gasteiger partial charge in [0.15, 0.2) is 5.71 Å². The van der Waals surface area contributed by atoms with Crippen molar-refractivity contribution in [2.45, 2.75) is 27.7 Å². The van der Waals surface area contributed by atoms with Crippen molar-refractivity contribution in [3.05, 3.63) is 58.4 Å². The van der Waals surface area contributed by atoms with Crippen molar-refractivity contribution < 1.29 is 10.0 Å². The minimum absolute atomic E-state index is 0.0121. The minimum Gasteiger partial charge on any atom is -0.410 e. The number of aromatic nitrogens is 1. The number of nitrogens with one attached hydrogen (secondary N) is 1. The molecular weight excluding hydrogens is 266 g/mol. The molecule has 5 heteroatoms. The molecule has 2 rings (SSSR count). The van der Waals surface area contributed by atoms with Gasteiger partial charge in [0.25, 0.3) is 5.91 Å². The van der Waals surface area contributed by atoms with Crippen LogP contribution in [0.25, 0.3) is 0 Å². The largest absolute Gasteiger partial charge is 0.410 e. The van der Waals surface area contributed by atoms with Crippen LogP contribution in [0.15, 0.2) is 35.5 Å². The summed E-state index contributed by atoms with van der Waals surface area (Å²) in [5, 5.41) is 12.5. The van der Waals surface area contributed by atoms with Crippen molar-refractivity contribution in [3.8, 4) is 0 Å². The predicted octanol–water partition coefficient (Wildman–Crippen LogP) is 2.67. The second kappa shape index (κ2) is 5.83. The van der Waals surface area contributed by atoms with E-state index in [1.807, 2.05) is 58.0 Å². The topological polar surface area (TPSA) is 66.6 Å². The monoisotopic (exact) mass is 285 g/mol. The summed E-state index contributed by atoms with van der Waals surface area (Å²) >= 11 is 0. The Hall–Kier alpha value is -2.56. The summed E-state index contributed by atoms with van der Waals surface area (Å²) in [6, 6.07) is 9.48. The van der Waals surface area contributed by atoms with Gasteiger partial charge in [-0.05, 0) is 51.0 Å². The fraction of sp³-hybridized carbons (Fsp3) is 0.250. The molecule has 1 amide bonds. The molecule has 0 aliphatic rings. The van der Waals surface area contributed by atoms with Crippen LogP contribution in [0.4, 0.5) is 0 Å². The zero-order chi connectivity index (χ0) is 15.6. The summed E-state index contributed by atoms with van der Waals surface area (Å²) in [5.41, 5.74) is 6.99. The lowest BCUT2D eigenvalue weighted by Crippen LogP contribution is -2.32. The van der Waals surface area contributed by atoms with E-state index >= 15 is 0 Å². The number of oxime groups is 1. The second-order valence-electron chi connectivity index (χ2n) is 5.11. The Kier molecular flexibility index (Phi) is 4.12. The molecule has 0 aliphatic heterocycles. The van der Waals surface area contributed by atoms with Crippen molar-refractivity contribution in [2.75, 3.05) is 5.43 Å². The molecule has 2 aromatic rings. The number of hydrogen-bond acceptors (Lipinski definition) is 3. The van der Waals surface area contributed by atoms with Crippen LogP contribution in [-0.4, -0.2) is 21.5 Å². The fourth-order valence-corrected chi connectivity index (χ4v) is 2.40. The normalized spacial score (nSPS) is 11.5. The molecule has 1 aromatic heterocycles. The molecule has 0 unspecified atom stereocenters. The zero-order valence-electron chi connectivity index (χ0n) is 12.6. The van der Waals surface area contributed by atoms with E-state index in [0.29, 0.717) is 5.56 Å². The Morgan fingerprint density at radius 3 is 2.05 bits per heavy atom. The summed E-state index contributed by atoms with van der Waals surface area (Å²) < 4.78 is 1.67. The highest BCUT2D eigenvalue weighted by Crippen LogP contribution is 2.15. The van der Waals surface area contributed by atoms with Crippen LogP contribution in [-0.2, 0) is 4.79 Å². The van der Waals surface area contributed by atoms with Crippen LogP contribution in [0.5, 0.6) is 0 Å². The first-order valence-corrected chi connectivity index (χ1v) is 6.70. The Balaban J connectivity index is 2.37. The maximum atomic E-state index is 12.4. The van der Waals surface area contributed by atoms with Crippen LogP contribution >= 0.6 is 0 Å². The molecule has 0 bridgehead atoms. The highest BCUT2D eigenvalue weighted by Gasteiger charge is 2.20. The molecule has 21 heavy (non-hydrogen) atoms. The standard InChI is InChI=1S/C16H19N3O2/c1-10-6-5-7-11(2)14(10)15(18-21)16(20)17-19-12(3)8-9-13(19)4/h5-9,21H,1-4H3,(H,17,20)/b18-15+. The SMILES string of the molecule is Cc1cccc(C)c1/C(=N\O)C(=O)Nn1c(C)ccc1C. The first-order chi connectivity index (χ1) is 9.95. The molecular formula is C16H19N3O2. The third kappa shape index (κ3) is 2.81. The summed E-state index contributed by atoms with van der Waals surface area (Å²) in [5.74, 6) is -0.447. The molecule has 0 aliphatic carbocycles. The molecule has 5 nitrogen and oxygen atoms in total. The van der Waals surface area contributed by atoms with Gasteiger partial charge in [-0.1, -0.05) is 23.4 Å². The molecule has 0 saturated heterocycles. The first kappa shape index (κ1) is 14.8. The number of amides is 1. The van der Waals surface area contributed by atoms with Crippen LogP contribution < -0.4 is 5.43 Å². The van der Waals surface area contributed by atoms with Gasteiger partial charge in [-0.2, -0.15) is 0 Å².